The highest BCUT2D eigenvalue weighted by molar-refractivity contribution is 5.86. The molecule has 1 saturated heterocycles. The number of carbonyl (C=O) groups excluding carboxylic acids is 1. The summed E-state index contributed by atoms with van der Waals surface area (Å²) >= 11 is 0. The van der Waals surface area contributed by atoms with Gasteiger partial charge in [-0.2, -0.15) is 0 Å². The average Bonchev–Trinajstić information content (AvgIpc) is 3.32. The molecule has 2 heterocycles. The first-order valence-electron chi connectivity index (χ1n) is 13.4. The summed E-state index contributed by atoms with van der Waals surface area (Å²) in [5, 5.41) is 5.53. The fraction of sp³-hybridized carbons (Fsp3) is 0.250. The van der Waals surface area contributed by atoms with Crippen LogP contribution in [0, 0.1) is 5.92 Å². The lowest BCUT2D eigenvalue weighted by molar-refractivity contribution is 0.164. The van der Waals surface area contributed by atoms with Gasteiger partial charge in [0.15, 0.2) is 0 Å². The van der Waals surface area contributed by atoms with Crippen molar-refractivity contribution >= 4 is 27.8 Å². The van der Waals surface area contributed by atoms with Crippen molar-refractivity contribution in [3.63, 3.8) is 0 Å². The molecule has 5 aromatic rings. The second kappa shape index (κ2) is 11.0. The molecule has 1 fully saturated rings. The molecule has 0 unspecified atom stereocenters. The molecule has 1 N–H and O–H groups in total. The predicted octanol–water partition coefficient (Wildman–Crippen LogP) is 6.39. The number of fused-ring (bicyclic) bond motifs is 2. The number of ether oxygens (including phenoxy) is 1. The normalized spacial score (nSPS) is 14.2. The molecule has 6 nitrogen and oxygen atoms in total. The van der Waals surface area contributed by atoms with Crippen LogP contribution in [0.3, 0.4) is 0 Å². The highest BCUT2D eigenvalue weighted by Crippen LogP contribution is 2.25. The Morgan fingerprint density at radius 1 is 0.868 bits per heavy atom. The van der Waals surface area contributed by atoms with Gasteiger partial charge in [0.05, 0.1) is 11.0 Å². The van der Waals surface area contributed by atoms with E-state index in [9.17, 15) is 4.79 Å². The first kappa shape index (κ1) is 24.0. The Hall–Kier alpha value is -4.32. The van der Waals surface area contributed by atoms with E-state index in [0.29, 0.717) is 19.1 Å². The van der Waals surface area contributed by atoms with Crippen molar-refractivity contribution in [2.45, 2.75) is 32.5 Å². The Morgan fingerprint density at radius 3 is 2.47 bits per heavy atom. The lowest BCUT2D eigenvalue weighted by Crippen LogP contribution is -2.44. The van der Waals surface area contributed by atoms with Gasteiger partial charge in [0.1, 0.15) is 18.2 Å². The van der Waals surface area contributed by atoms with Gasteiger partial charge in [0, 0.05) is 26.2 Å². The van der Waals surface area contributed by atoms with Crippen LogP contribution in [0.15, 0.2) is 97.1 Å². The highest BCUT2D eigenvalue weighted by atomic mass is 16.5. The second-order valence-electron chi connectivity index (χ2n) is 9.96. The van der Waals surface area contributed by atoms with E-state index in [1.54, 1.807) is 0 Å². The van der Waals surface area contributed by atoms with Crippen molar-refractivity contribution in [2.24, 2.45) is 5.92 Å². The van der Waals surface area contributed by atoms with E-state index < -0.39 is 0 Å². The zero-order chi connectivity index (χ0) is 25.7. The molecule has 4 aromatic carbocycles. The third-order valence-corrected chi connectivity index (χ3v) is 7.50. The molecule has 0 aliphatic carbocycles. The molecule has 1 aliphatic heterocycles. The van der Waals surface area contributed by atoms with E-state index >= 15 is 0 Å². The van der Waals surface area contributed by atoms with Gasteiger partial charge in [0.25, 0.3) is 0 Å². The van der Waals surface area contributed by atoms with E-state index in [-0.39, 0.29) is 6.03 Å². The Balaban J connectivity index is 1.07. The molecule has 6 rings (SSSR count). The summed E-state index contributed by atoms with van der Waals surface area (Å²) < 4.78 is 8.35. The lowest BCUT2D eigenvalue weighted by atomic mass is 9.96. The van der Waals surface area contributed by atoms with E-state index in [1.165, 1.54) is 10.8 Å². The number of hydrogen-bond donors (Lipinski definition) is 1. The molecular weight excluding hydrogens is 472 g/mol. The van der Waals surface area contributed by atoms with Gasteiger partial charge in [-0.15, -0.1) is 0 Å². The van der Waals surface area contributed by atoms with Crippen molar-refractivity contribution < 1.29 is 9.53 Å². The van der Waals surface area contributed by atoms with E-state index in [2.05, 4.69) is 52.3 Å². The van der Waals surface area contributed by atoms with Crippen LogP contribution < -0.4 is 10.1 Å². The van der Waals surface area contributed by atoms with E-state index in [0.717, 1.165) is 60.6 Å². The quantitative estimate of drug-likeness (QED) is 0.279. The van der Waals surface area contributed by atoms with Gasteiger partial charge in [0.2, 0.25) is 0 Å². The number of urea groups is 1. The van der Waals surface area contributed by atoms with Crippen LogP contribution in [-0.2, 0) is 19.7 Å². The van der Waals surface area contributed by atoms with Gasteiger partial charge >= 0.3 is 6.03 Å². The summed E-state index contributed by atoms with van der Waals surface area (Å²) in [7, 11) is 0. The standard InChI is InChI=1S/C32H32N4O2/c37-32(33-21-26-11-8-10-25-9-4-5-14-28(25)26)35-19-17-24(18-20-35)22-36-30-16-7-6-15-29(30)34-31(36)23-38-27-12-2-1-3-13-27/h1-16,24H,17-23H2,(H,33,37). The lowest BCUT2D eigenvalue weighted by Gasteiger charge is -2.32. The molecule has 0 saturated carbocycles. The second-order valence-corrected chi connectivity index (χ2v) is 9.96. The summed E-state index contributed by atoms with van der Waals surface area (Å²) in [4.78, 5) is 19.8. The Morgan fingerprint density at radius 2 is 1.61 bits per heavy atom. The zero-order valence-corrected chi connectivity index (χ0v) is 21.4. The minimum absolute atomic E-state index is 0.0152. The molecule has 6 heteroatoms. The van der Waals surface area contributed by atoms with Crippen LogP contribution in [0.4, 0.5) is 4.79 Å². The first-order chi connectivity index (χ1) is 18.7. The molecule has 1 aliphatic rings. The molecule has 0 atom stereocenters. The molecule has 38 heavy (non-hydrogen) atoms. The Bertz CT molecular complexity index is 1530. The molecular formula is C32H32N4O2. The number of likely N-dealkylation sites (tertiary alicyclic amines) is 1. The van der Waals surface area contributed by atoms with Gasteiger partial charge in [-0.1, -0.05) is 72.8 Å². The van der Waals surface area contributed by atoms with Crippen molar-refractivity contribution in [1.29, 1.82) is 0 Å². The van der Waals surface area contributed by atoms with Gasteiger partial charge in [-0.05, 0) is 59.4 Å². The number of piperidine rings is 1. The fourth-order valence-corrected chi connectivity index (χ4v) is 5.41. The summed E-state index contributed by atoms with van der Waals surface area (Å²) in [6.45, 7) is 3.35. The van der Waals surface area contributed by atoms with Gasteiger partial charge < -0.3 is 19.5 Å². The maximum atomic E-state index is 13.0. The zero-order valence-electron chi connectivity index (χ0n) is 21.4. The number of rotatable bonds is 7. The SMILES string of the molecule is O=C(NCc1cccc2ccccc12)N1CCC(Cn2c(COc3ccccc3)nc3ccccc32)CC1. The smallest absolute Gasteiger partial charge is 0.317 e. The number of benzene rings is 4. The molecule has 192 valence electrons. The number of aromatic nitrogens is 2. The summed E-state index contributed by atoms with van der Waals surface area (Å²) in [5.74, 6) is 2.25. The number of imidazole rings is 1. The molecule has 0 radical (unpaired) electrons. The van der Waals surface area contributed by atoms with Crippen molar-refractivity contribution in [1.82, 2.24) is 19.8 Å². The monoisotopic (exact) mass is 504 g/mol. The summed E-state index contributed by atoms with van der Waals surface area (Å²) in [6, 6.07) is 32.7. The molecule has 2 amide bonds. The van der Waals surface area contributed by atoms with Gasteiger partial charge in [-0.3, -0.25) is 0 Å². The van der Waals surface area contributed by atoms with Crippen LogP contribution in [0.25, 0.3) is 21.8 Å². The minimum atomic E-state index is 0.0152. The first-order valence-corrected chi connectivity index (χ1v) is 13.4. The summed E-state index contributed by atoms with van der Waals surface area (Å²) in [5.41, 5.74) is 3.27. The summed E-state index contributed by atoms with van der Waals surface area (Å²) in [6.07, 6.45) is 1.93. The van der Waals surface area contributed by atoms with Gasteiger partial charge in [-0.25, -0.2) is 9.78 Å². The average molecular weight is 505 g/mol. The maximum Gasteiger partial charge on any atom is 0.317 e. The molecule has 0 bridgehead atoms. The van der Waals surface area contributed by atoms with Crippen LogP contribution in [0.1, 0.15) is 24.2 Å². The molecule has 0 spiro atoms. The predicted molar refractivity (Wildman–Crippen MR) is 151 cm³/mol. The number of nitrogens with zero attached hydrogens (tertiary/aromatic N) is 3. The fourth-order valence-electron chi connectivity index (χ4n) is 5.41. The van der Waals surface area contributed by atoms with Crippen LogP contribution >= 0.6 is 0 Å². The van der Waals surface area contributed by atoms with Crippen LogP contribution in [-0.4, -0.2) is 33.6 Å². The number of hydrogen-bond acceptors (Lipinski definition) is 3. The van der Waals surface area contributed by atoms with Crippen LogP contribution in [0.5, 0.6) is 5.75 Å². The van der Waals surface area contributed by atoms with Crippen molar-refractivity contribution in [3.05, 3.63) is 108 Å². The van der Waals surface area contributed by atoms with Crippen molar-refractivity contribution in [3.8, 4) is 5.75 Å². The number of amides is 2. The molecule has 1 aromatic heterocycles. The number of para-hydroxylation sites is 3. The van der Waals surface area contributed by atoms with E-state index in [4.69, 9.17) is 9.72 Å². The Kier molecular flexibility index (Phi) is 6.94. The number of carbonyl (C=O) groups is 1. The number of nitrogens with one attached hydrogen (secondary N) is 1. The largest absolute Gasteiger partial charge is 0.486 e. The van der Waals surface area contributed by atoms with Crippen molar-refractivity contribution in [2.75, 3.05) is 13.1 Å². The van der Waals surface area contributed by atoms with Crippen LogP contribution in [0.2, 0.25) is 0 Å². The topological polar surface area (TPSA) is 59.4 Å². The third-order valence-electron chi connectivity index (χ3n) is 7.50. The maximum absolute atomic E-state index is 13.0. The van der Waals surface area contributed by atoms with E-state index in [1.807, 2.05) is 59.5 Å². The minimum Gasteiger partial charge on any atom is -0.486 e. The third kappa shape index (κ3) is 5.21. The highest BCUT2D eigenvalue weighted by Gasteiger charge is 2.24. The Labute approximate surface area is 222 Å².